The van der Waals surface area contributed by atoms with Crippen molar-refractivity contribution in [2.75, 3.05) is 13.2 Å². The first-order chi connectivity index (χ1) is 9.04. The maximum atomic E-state index is 9.02. The topological polar surface area (TPSA) is 41.5 Å². The molecule has 106 valence electrons. The Hall–Kier alpha value is -1.06. The van der Waals surface area contributed by atoms with Gasteiger partial charge in [0.2, 0.25) is 0 Å². The maximum absolute atomic E-state index is 9.02. The van der Waals surface area contributed by atoms with Gasteiger partial charge in [0.1, 0.15) is 11.4 Å². The summed E-state index contributed by atoms with van der Waals surface area (Å²) in [7, 11) is 0. The van der Waals surface area contributed by atoms with Crippen molar-refractivity contribution < 1.29 is 9.84 Å². The number of rotatable bonds is 6. The highest BCUT2D eigenvalue weighted by molar-refractivity contribution is 5.42. The lowest BCUT2D eigenvalue weighted by atomic mass is 9.94. The summed E-state index contributed by atoms with van der Waals surface area (Å²) < 4.78 is 6.00. The third kappa shape index (κ3) is 3.28. The molecule has 2 unspecified atom stereocenters. The number of hydrogen-bond acceptors (Lipinski definition) is 3. The van der Waals surface area contributed by atoms with Crippen LogP contribution in [-0.2, 0) is 0 Å². The standard InChI is InChI=1S/C16H25NO2/c1-12(11-18)7-6-10-17-15-13-8-4-5-9-14(13)19-16(15,2)3/h4-5,8-9,12,15,17-18H,6-7,10-11H2,1-3H3. The van der Waals surface area contributed by atoms with Gasteiger partial charge in [0.25, 0.3) is 0 Å². The molecule has 2 rings (SSSR count). The molecule has 19 heavy (non-hydrogen) atoms. The Morgan fingerprint density at radius 3 is 2.84 bits per heavy atom. The highest BCUT2D eigenvalue weighted by Crippen LogP contribution is 2.42. The van der Waals surface area contributed by atoms with E-state index in [1.54, 1.807) is 0 Å². The van der Waals surface area contributed by atoms with Gasteiger partial charge in [0, 0.05) is 12.2 Å². The lowest BCUT2D eigenvalue weighted by molar-refractivity contribution is 0.0961. The summed E-state index contributed by atoms with van der Waals surface area (Å²) in [5.41, 5.74) is 1.05. The van der Waals surface area contributed by atoms with E-state index in [0.717, 1.165) is 25.1 Å². The van der Waals surface area contributed by atoms with Gasteiger partial charge in [-0.25, -0.2) is 0 Å². The Balaban J connectivity index is 1.92. The first-order valence-electron chi connectivity index (χ1n) is 7.17. The van der Waals surface area contributed by atoms with Crippen LogP contribution < -0.4 is 10.1 Å². The van der Waals surface area contributed by atoms with E-state index in [2.05, 4.69) is 38.2 Å². The van der Waals surface area contributed by atoms with Gasteiger partial charge >= 0.3 is 0 Å². The van der Waals surface area contributed by atoms with Gasteiger partial charge in [0.15, 0.2) is 0 Å². The molecule has 1 heterocycles. The summed E-state index contributed by atoms with van der Waals surface area (Å²) in [6.07, 6.45) is 2.13. The largest absolute Gasteiger partial charge is 0.486 e. The number of aliphatic hydroxyl groups is 1. The smallest absolute Gasteiger partial charge is 0.125 e. The Labute approximate surface area is 116 Å². The van der Waals surface area contributed by atoms with Crippen LogP contribution in [0, 0.1) is 5.92 Å². The Bertz CT molecular complexity index is 417. The minimum atomic E-state index is -0.202. The van der Waals surface area contributed by atoms with Crippen molar-refractivity contribution in [1.29, 1.82) is 0 Å². The van der Waals surface area contributed by atoms with Gasteiger partial charge < -0.3 is 15.2 Å². The number of fused-ring (bicyclic) bond motifs is 1. The van der Waals surface area contributed by atoms with Crippen LogP contribution in [0.2, 0.25) is 0 Å². The van der Waals surface area contributed by atoms with E-state index in [9.17, 15) is 0 Å². The van der Waals surface area contributed by atoms with Gasteiger partial charge in [-0.05, 0) is 45.2 Å². The normalized spacial score (nSPS) is 21.8. The van der Waals surface area contributed by atoms with E-state index in [0.29, 0.717) is 5.92 Å². The highest BCUT2D eigenvalue weighted by Gasteiger charge is 2.40. The molecule has 1 aliphatic heterocycles. The van der Waals surface area contributed by atoms with E-state index in [-0.39, 0.29) is 18.2 Å². The number of para-hydroxylation sites is 1. The molecule has 2 atom stereocenters. The number of hydrogen-bond donors (Lipinski definition) is 2. The molecule has 0 radical (unpaired) electrons. The zero-order chi connectivity index (χ0) is 13.9. The molecule has 1 aromatic rings. The van der Waals surface area contributed by atoms with Crippen LogP contribution in [0.4, 0.5) is 0 Å². The lowest BCUT2D eigenvalue weighted by Gasteiger charge is -2.27. The summed E-state index contributed by atoms with van der Waals surface area (Å²) in [6.45, 7) is 7.57. The molecule has 0 amide bonds. The zero-order valence-electron chi connectivity index (χ0n) is 12.1. The van der Waals surface area contributed by atoms with E-state index in [1.165, 1.54) is 5.56 Å². The predicted molar refractivity (Wildman–Crippen MR) is 77.4 cm³/mol. The van der Waals surface area contributed by atoms with E-state index < -0.39 is 0 Å². The fourth-order valence-corrected chi connectivity index (χ4v) is 2.67. The average molecular weight is 263 g/mol. The molecule has 0 aliphatic carbocycles. The van der Waals surface area contributed by atoms with Gasteiger partial charge in [-0.2, -0.15) is 0 Å². The molecular formula is C16H25NO2. The Kier molecular flexibility index (Phi) is 4.48. The van der Waals surface area contributed by atoms with Crippen molar-refractivity contribution in [3.63, 3.8) is 0 Å². The number of ether oxygens (including phenoxy) is 1. The van der Waals surface area contributed by atoms with Gasteiger partial charge in [-0.3, -0.25) is 0 Å². The molecule has 0 saturated heterocycles. The summed E-state index contributed by atoms with van der Waals surface area (Å²) in [5, 5.41) is 12.6. The van der Waals surface area contributed by atoms with Crippen LogP contribution in [0.3, 0.4) is 0 Å². The van der Waals surface area contributed by atoms with Crippen molar-refractivity contribution in [2.45, 2.75) is 45.3 Å². The predicted octanol–water partition coefficient (Wildman–Crippen LogP) is 2.90. The molecule has 0 bridgehead atoms. The summed E-state index contributed by atoms with van der Waals surface area (Å²) in [6, 6.07) is 8.49. The molecule has 0 aromatic heterocycles. The van der Waals surface area contributed by atoms with Crippen molar-refractivity contribution in [1.82, 2.24) is 5.32 Å². The molecule has 0 fully saturated rings. The fraction of sp³-hybridized carbons (Fsp3) is 0.625. The van der Waals surface area contributed by atoms with E-state index in [4.69, 9.17) is 9.84 Å². The van der Waals surface area contributed by atoms with Gasteiger partial charge in [0.05, 0.1) is 6.04 Å². The van der Waals surface area contributed by atoms with Gasteiger partial charge in [-0.15, -0.1) is 0 Å². The molecule has 2 N–H and O–H groups in total. The van der Waals surface area contributed by atoms with Crippen LogP contribution in [0.15, 0.2) is 24.3 Å². The van der Waals surface area contributed by atoms with Crippen molar-refractivity contribution >= 4 is 0 Å². The van der Waals surface area contributed by atoms with Gasteiger partial charge in [-0.1, -0.05) is 25.1 Å². The molecule has 1 aliphatic rings. The average Bonchev–Trinajstić information content (AvgIpc) is 2.64. The van der Waals surface area contributed by atoms with Crippen molar-refractivity contribution in [3.05, 3.63) is 29.8 Å². The van der Waals surface area contributed by atoms with Crippen LogP contribution in [0.5, 0.6) is 5.75 Å². The molecule has 3 nitrogen and oxygen atoms in total. The Morgan fingerprint density at radius 2 is 2.11 bits per heavy atom. The molecule has 0 saturated carbocycles. The van der Waals surface area contributed by atoms with Crippen molar-refractivity contribution in [3.8, 4) is 5.75 Å². The minimum absolute atomic E-state index is 0.202. The number of aliphatic hydroxyl groups excluding tert-OH is 1. The van der Waals surface area contributed by atoms with Crippen molar-refractivity contribution in [2.24, 2.45) is 5.92 Å². The summed E-state index contributed by atoms with van der Waals surface area (Å²) >= 11 is 0. The molecule has 3 heteroatoms. The minimum Gasteiger partial charge on any atom is -0.486 e. The maximum Gasteiger partial charge on any atom is 0.125 e. The molecular weight excluding hydrogens is 238 g/mol. The second kappa shape index (κ2) is 5.93. The quantitative estimate of drug-likeness (QED) is 0.775. The fourth-order valence-electron chi connectivity index (χ4n) is 2.67. The number of nitrogens with one attached hydrogen (secondary N) is 1. The third-order valence-electron chi connectivity index (χ3n) is 3.83. The lowest BCUT2D eigenvalue weighted by Crippen LogP contribution is -2.39. The molecule has 1 aromatic carbocycles. The van der Waals surface area contributed by atoms with Crippen LogP contribution in [-0.4, -0.2) is 23.9 Å². The van der Waals surface area contributed by atoms with E-state index >= 15 is 0 Å². The third-order valence-corrected chi connectivity index (χ3v) is 3.83. The second-order valence-corrected chi connectivity index (χ2v) is 6.06. The van der Waals surface area contributed by atoms with Crippen LogP contribution in [0.1, 0.15) is 45.2 Å². The monoisotopic (exact) mass is 263 g/mol. The first kappa shape index (κ1) is 14.4. The van der Waals surface area contributed by atoms with E-state index in [1.807, 2.05) is 12.1 Å². The van der Waals surface area contributed by atoms with Crippen LogP contribution >= 0.6 is 0 Å². The first-order valence-corrected chi connectivity index (χ1v) is 7.17. The SMILES string of the molecule is CC(CO)CCCNC1c2ccccc2OC1(C)C. The number of benzene rings is 1. The Morgan fingerprint density at radius 1 is 1.37 bits per heavy atom. The zero-order valence-corrected chi connectivity index (χ0v) is 12.1. The second-order valence-electron chi connectivity index (χ2n) is 6.06. The van der Waals surface area contributed by atoms with Crippen LogP contribution in [0.25, 0.3) is 0 Å². The highest BCUT2D eigenvalue weighted by atomic mass is 16.5. The molecule has 0 spiro atoms. The summed E-state index contributed by atoms with van der Waals surface area (Å²) in [5.74, 6) is 1.38. The summed E-state index contributed by atoms with van der Waals surface area (Å²) in [4.78, 5) is 0.